The van der Waals surface area contributed by atoms with E-state index in [1.807, 2.05) is 20.9 Å². The summed E-state index contributed by atoms with van der Waals surface area (Å²) in [5.74, 6) is -0.213. The largest absolute Gasteiger partial charge is 0.399 e. The van der Waals surface area contributed by atoms with E-state index in [0.717, 1.165) is 11.3 Å². The van der Waals surface area contributed by atoms with Crippen LogP contribution in [0.2, 0.25) is 5.02 Å². The van der Waals surface area contributed by atoms with Crippen LogP contribution in [0, 0.1) is 6.92 Å². The number of aryl methyl sites for hydroxylation is 1. The van der Waals surface area contributed by atoms with E-state index in [9.17, 15) is 4.79 Å². The molecule has 1 heterocycles. The second-order valence-electron chi connectivity index (χ2n) is 4.78. The molecule has 0 aliphatic carbocycles. The van der Waals surface area contributed by atoms with Gasteiger partial charge in [0.05, 0.1) is 12.2 Å². The first-order chi connectivity index (χ1) is 9.38. The maximum absolute atomic E-state index is 12.2. The topological polar surface area (TPSA) is 72.9 Å². The molecule has 6 heteroatoms. The van der Waals surface area contributed by atoms with Crippen molar-refractivity contribution in [3.8, 4) is 0 Å². The van der Waals surface area contributed by atoms with E-state index in [4.69, 9.17) is 17.3 Å². The quantitative estimate of drug-likeness (QED) is 0.854. The minimum absolute atomic E-state index is 0.142. The van der Waals surface area contributed by atoms with Crippen LogP contribution in [0.3, 0.4) is 0 Å². The predicted molar refractivity (Wildman–Crippen MR) is 79.7 cm³/mol. The fourth-order valence-electron chi connectivity index (χ4n) is 2.04. The number of halogens is 1. The zero-order chi connectivity index (χ0) is 14.9. The summed E-state index contributed by atoms with van der Waals surface area (Å²) < 4.78 is 1.77. The van der Waals surface area contributed by atoms with Crippen molar-refractivity contribution in [3.05, 3.63) is 46.2 Å². The number of carbonyl (C=O) groups excluding carboxylic acids is 1. The van der Waals surface area contributed by atoms with Gasteiger partial charge in [-0.25, -0.2) is 0 Å². The molecule has 20 heavy (non-hydrogen) atoms. The van der Waals surface area contributed by atoms with Gasteiger partial charge >= 0.3 is 0 Å². The summed E-state index contributed by atoms with van der Waals surface area (Å²) in [6, 6.07) is 4.66. The number of rotatable bonds is 3. The van der Waals surface area contributed by atoms with E-state index in [1.165, 1.54) is 0 Å². The van der Waals surface area contributed by atoms with Gasteiger partial charge in [0, 0.05) is 34.6 Å². The average Bonchev–Trinajstić information content (AvgIpc) is 2.68. The summed E-state index contributed by atoms with van der Waals surface area (Å²) in [4.78, 5) is 12.2. The number of nitrogen functional groups attached to an aromatic ring is 1. The predicted octanol–water partition coefficient (Wildman–Crippen LogP) is 2.46. The third kappa shape index (κ3) is 2.93. The lowest BCUT2D eigenvalue weighted by Crippen LogP contribution is -2.27. The van der Waals surface area contributed by atoms with Gasteiger partial charge in [0.25, 0.3) is 5.91 Å². The third-order valence-corrected chi connectivity index (χ3v) is 3.49. The van der Waals surface area contributed by atoms with Crippen LogP contribution in [0.1, 0.15) is 34.6 Å². The molecule has 2 rings (SSSR count). The lowest BCUT2D eigenvalue weighted by Gasteiger charge is -2.14. The Morgan fingerprint density at radius 1 is 1.45 bits per heavy atom. The summed E-state index contributed by atoms with van der Waals surface area (Å²) in [6.07, 6.45) is 1.76. The van der Waals surface area contributed by atoms with E-state index < -0.39 is 0 Å². The zero-order valence-electron chi connectivity index (χ0n) is 11.6. The highest BCUT2D eigenvalue weighted by molar-refractivity contribution is 6.31. The monoisotopic (exact) mass is 292 g/mol. The van der Waals surface area contributed by atoms with Gasteiger partial charge in [-0.1, -0.05) is 11.6 Å². The van der Waals surface area contributed by atoms with Crippen LogP contribution >= 0.6 is 11.6 Å². The molecule has 1 unspecified atom stereocenters. The van der Waals surface area contributed by atoms with Crippen LogP contribution in [0.4, 0.5) is 5.69 Å². The first-order valence-electron chi connectivity index (χ1n) is 6.24. The number of hydrogen-bond donors (Lipinski definition) is 2. The second-order valence-corrected chi connectivity index (χ2v) is 5.21. The third-order valence-electron chi connectivity index (χ3n) is 3.27. The Bertz CT molecular complexity index is 630. The molecule has 1 aromatic carbocycles. The first-order valence-corrected chi connectivity index (χ1v) is 6.61. The number of anilines is 1. The summed E-state index contributed by atoms with van der Waals surface area (Å²) in [6.45, 7) is 3.87. The molecule has 0 aliphatic rings. The van der Waals surface area contributed by atoms with Gasteiger partial charge in [0.2, 0.25) is 0 Å². The molecule has 5 nitrogen and oxygen atoms in total. The molecule has 0 saturated carbocycles. The molecule has 0 fully saturated rings. The van der Waals surface area contributed by atoms with Gasteiger partial charge in [-0.2, -0.15) is 5.10 Å². The minimum Gasteiger partial charge on any atom is -0.399 e. The van der Waals surface area contributed by atoms with Gasteiger partial charge in [-0.3, -0.25) is 9.48 Å². The van der Waals surface area contributed by atoms with Gasteiger partial charge in [-0.05, 0) is 32.0 Å². The van der Waals surface area contributed by atoms with E-state index in [1.54, 1.807) is 29.1 Å². The zero-order valence-corrected chi connectivity index (χ0v) is 12.4. The number of carbonyl (C=O) groups is 1. The Labute approximate surface area is 122 Å². The minimum atomic E-state index is -0.213. The number of nitrogens with one attached hydrogen (secondary N) is 1. The molecule has 0 aliphatic heterocycles. The SMILES string of the molecule is Cc1c(C(C)NC(=O)c2cc(N)cc(Cl)c2)cnn1C. The molecule has 0 bridgehead atoms. The summed E-state index contributed by atoms with van der Waals surface area (Å²) in [7, 11) is 1.87. The fraction of sp³-hybridized carbons (Fsp3) is 0.286. The molecule has 1 aromatic heterocycles. The molecular formula is C14H17ClN4O. The van der Waals surface area contributed by atoms with Crippen molar-refractivity contribution >= 4 is 23.2 Å². The van der Waals surface area contributed by atoms with Crippen molar-refractivity contribution in [1.82, 2.24) is 15.1 Å². The van der Waals surface area contributed by atoms with Crippen LogP contribution in [-0.4, -0.2) is 15.7 Å². The van der Waals surface area contributed by atoms with Crippen molar-refractivity contribution in [2.24, 2.45) is 7.05 Å². The molecular weight excluding hydrogens is 276 g/mol. The Morgan fingerprint density at radius 2 is 2.15 bits per heavy atom. The van der Waals surface area contributed by atoms with Crippen LogP contribution in [0.5, 0.6) is 0 Å². The lowest BCUT2D eigenvalue weighted by molar-refractivity contribution is 0.0940. The Hall–Kier alpha value is -2.01. The molecule has 106 valence electrons. The Balaban J connectivity index is 2.17. The van der Waals surface area contributed by atoms with Crippen molar-refractivity contribution in [1.29, 1.82) is 0 Å². The van der Waals surface area contributed by atoms with Gasteiger partial charge in [0.1, 0.15) is 0 Å². The van der Waals surface area contributed by atoms with E-state index >= 15 is 0 Å². The van der Waals surface area contributed by atoms with Gasteiger partial charge in [0.15, 0.2) is 0 Å². The van der Waals surface area contributed by atoms with Crippen molar-refractivity contribution in [3.63, 3.8) is 0 Å². The van der Waals surface area contributed by atoms with Crippen LogP contribution < -0.4 is 11.1 Å². The highest BCUT2D eigenvalue weighted by Crippen LogP contribution is 2.19. The molecule has 0 spiro atoms. The highest BCUT2D eigenvalue weighted by atomic mass is 35.5. The number of aromatic nitrogens is 2. The average molecular weight is 293 g/mol. The number of benzene rings is 1. The van der Waals surface area contributed by atoms with Gasteiger partial charge < -0.3 is 11.1 Å². The van der Waals surface area contributed by atoms with Crippen LogP contribution in [-0.2, 0) is 7.05 Å². The Morgan fingerprint density at radius 3 is 2.70 bits per heavy atom. The molecule has 1 atom stereocenters. The van der Waals surface area contributed by atoms with E-state index in [-0.39, 0.29) is 11.9 Å². The Kier molecular flexibility index (Phi) is 3.99. The number of nitrogens with zero attached hydrogens (tertiary/aromatic N) is 2. The summed E-state index contributed by atoms with van der Waals surface area (Å²) in [5, 5.41) is 7.53. The van der Waals surface area contributed by atoms with Crippen LogP contribution in [0.15, 0.2) is 24.4 Å². The van der Waals surface area contributed by atoms with E-state index in [2.05, 4.69) is 10.4 Å². The molecule has 0 saturated heterocycles. The molecule has 3 N–H and O–H groups in total. The fourth-order valence-corrected chi connectivity index (χ4v) is 2.29. The van der Waals surface area contributed by atoms with Crippen molar-refractivity contribution in [2.45, 2.75) is 19.9 Å². The summed E-state index contributed by atoms with van der Waals surface area (Å²) >= 11 is 5.90. The smallest absolute Gasteiger partial charge is 0.251 e. The van der Waals surface area contributed by atoms with Gasteiger partial charge in [-0.15, -0.1) is 0 Å². The number of hydrogen-bond acceptors (Lipinski definition) is 3. The molecule has 0 radical (unpaired) electrons. The normalized spacial score (nSPS) is 12.2. The highest BCUT2D eigenvalue weighted by Gasteiger charge is 2.16. The summed E-state index contributed by atoms with van der Waals surface area (Å²) in [5.41, 5.74) is 8.60. The second kappa shape index (κ2) is 5.54. The molecule has 2 aromatic rings. The first kappa shape index (κ1) is 14.4. The number of amides is 1. The van der Waals surface area contributed by atoms with Crippen LogP contribution in [0.25, 0.3) is 0 Å². The molecule has 1 amide bonds. The maximum atomic E-state index is 12.2. The van der Waals surface area contributed by atoms with Crippen molar-refractivity contribution < 1.29 is 4.79 Å². The van der Waals surface area contributed by atoms with Crippen molar-refractivity contribution in [2.75, 3.05) is 5.73 Å². The standard InChI is InChI=1S/C14H17ClN4O/c1-8(13-7-17-19(3)9(13)2)18-14(20)10-4-11(15)6-12(16)5-10/h4-8H,16H2,1-3H3,(H,18,20). The van der Waals surface area contributed by atoms with E-state index in [0.29, 0.717) is 16.3 Å². The maximum Gasteiger partial charge on any atom is 0.251 e. The number of nitrogens with two attached hydrogens (primary N) is 1. The lowest BCUT2D eigenvalue weighted by atomic mass is 10.1.